The van der Waals surface area contributed by atoms with Gasteiger partial charge in [0.25, 0.3) is 0 Å². The van der Waals surface area contributed by atoms with Gasteiger partial charge in [0.1, 0.15) is 36.3 Å². The second-order valence-corrected chi connectivity index (χ2v) is 18.8. The van der Waals surface area contributed by atoms with Crippen LogP contribution < -0.4 is 9.47 Å². The summed E-state index contributed by atoms with van der Waals surface area (Å²) in [7, 11) is 0. The van der Waals surface area contributed by atoms with E-state index in [1.807, 2.05) is 70.6 Å². The van der Waals surface area contributed by atoms with E-state index in [2.05, 4.69) is 78.3 Å². The molecule has 0 aliphatic carbocycles. The molecule has 0 aromatic heterocycles. The van der Waals surface area contributed by atoms with Crippen molar-refractivity contribution in [3.63, 3.8) is 0 Å². The lowest BCUT2D eigenvalue weighted by molar-refractivity contribution is 0.125. The summed E-state index contributed by atoms with van der Waals surface area (Å²) in [4.78, 5) is 0. The first-order valence-electron chi connectivity index (χ1n) is 15.7. The Morgan fingerprint density at radius 3 is 1.71 bits per heavy atom. The zero-order chi connectivity index (χ0) is 32.8. The summed E-state index contributed by atoms with van der Waals surface area (Å²) in [6.07, 6.45) is 4.03. The molecule has 1 fully saturated rings. The summed E-state index contributed by atoms with van der Waals surface area (Å²) in [6.45, 7) is 14.0. The molecular formula is C35H54O4S6. The SMILES string of the molecule is CSCCSCCSCC(O)COc1c(C)cc(C(C)(C)c2cc(C)c(OCC3OC3SCCSCCSC)c(C)c2)cc1C. The number of thioether (sulfide) groups is 6. The smallest absolute Gasteiger partial charge is 0.133 e. The Morgan fingerprint density at radius 2 is 1.18 bits per heavy atom. The lowest BCUT2D eigenvalue weighted by Gasteiger charge is -2.29. The average Bonchev–Trinajstić information content (AvgIpc) is 3.75. The van der Waals surface area contributed by atoms with Gasteiger partial charge in [-0.2, -0.15) is 58.8 Å². The standard InChI is InChI=1S/C35H54O4S6/c1-24-17-28(18-25(2)32(24)37-21-30(36)23-44-14-13-42-11-9-40-7)35(5,6)29-19-26(3)33(27(4)20-29)38-22-31-34(39-31)45-16-15-43-12-10-41-8/h17-20,30-31,34,36H,9-16,21-23H2,1-8H3. The number of benzene rings is 2. The lowest BCUT2D eigenvalue weighted by atomic mass is 9.76. The molecule has 0 saturated carbocycles. The minimum atomic E-state index is -0.470. The number of epoxide rings is 1. The van der Waals surface area contributed by atoms with Crippen LogP contribution in [0.4, 0.5) is 0 Å². The van der Waals surface area contributed by atoms with Crippen molar-refractivity contribution in [1.29, 1.82) is 0 Å². The van der Waals surface area contributed by atoms with Crippen molar-refractivity contribution in [1.82, 2.24) is 0 Å². The molecule has 4 nitrogen and oxygen atoms in total. The Hall–Kier alpha value is 0.0600. The molecule has 0 radical (unpaired) electrons. The number of aryl methyl sites for hydroxylation is 4. The normalized spacial score (nSPS) is 17.0. The molecule has 3 atom stereocenters. The average molecular weight is 731 g/mol. The molecule has 1 N–H and O–H groups in total. The van der Waals surface area contributed by atoms with Crippen LogP contribution in [-0.4, -0.2) is 100 Å². The minimum absolute atomic E-state index is 0.186. The highest BCUT2D eigenvalue weighted by Crippen LogP contribution is 2.39. The van der Waals surface area contributed by atoms with Crippen molar-refractivity contribution in [2.24, 2.45) is 0 Å². The van der Waals surface area contributed by atoms with Gasteiger partial charge in [0.15, 0.2) is 0 Å². The number of aliphatic hydroxyl groups is 1. The molecule has 2 aromatic carbocycles. The molecule has 1 aliphatic heterocycles. The van der Waals surface area contributed by atoms with Crippen molar-refractivity contribution >= 4 is 70.6 Å². The van der Waals surface area contributed by atoms with E-state index in [1.54, 1.807) is 0 Å². The van der Waals surface area contributed by atoms with Crippen LogP contribution in [0.15, 0.2) is 24.3 Å². The third-order valence-corrected chi connectivity index (χ3v) is 14.3. The van der Waals surface area contributed by atoms with Crippen molar-refractivity contribution < 1.29 is 19.3 Å². The van der Waals surface area contributed by atoms with Crippen LogP contribution in [0, 0.1) is 27.7 Å². The van der Waals surface area contributed by atoms with Gasteiger partial charge in [0, 0.05) is 57.2 Å². The summed E-state index contributed by atoms with van der Waals surface area (Å²) < 4.78 is 18.4. The summed E-state index contributed by atoms with van der Waals surface area (Å²) in [5.41, 5.74) is 7.13. The molecule has 0 spiro atoms. The molecule has 1 heterocycles. The van der Waals surface area contributed by atoms with E-state index < -0.39 is 6.10 Å². The number of hydrogen-bond acceptors (Lipinski definition) is 10. The molecular weight excluding hydrogens is 677 g/mol. The Morgan fingerprint density at radius 1 is 0.711 bits per heavy atom. The van der Waals surface area contributed by atoms with E-state index in [0.717, 1.165) is 51.0 Å². The van der Waals surface area contributed by atoms with Crippen LogP contribution in [0.2, 0.25) is 0 Å². The highest BCUT2D eigenvalue weighted by molar-refractivity contribution is 8.05. The molecule has 45 heavy (non-hydrogen) atoms. The first-order valence-corrected chi connectivity index (χ1v) is 23.0. The highest BCUT2D eigenvalue weighted by Gasteiger charge is 2.40. The molecule has 254 valence electrons. The highest BCUT2D eigenvalue weighted by atomic mass is 32.2. The van der Waals surface area contributed by atoms with Crippen molar-refractivity contribution in [2.45, 2.75) is 64.6 Å². The Kier molecular flexibility index (Phi) is 18.0. The quantitative estimate of drug-likeness (QED) is 0.0888. The van der Waals surface area contributed by atoms with Crippen LogP contribution in [0.5, 0.6) is 11.5 Å². The van der Waals surface area contributed by atoms with Gasteiger partial charge in [0.05, 0.1) is 6.10 Å². The van der Waals surface area contributed by atoms with Gasteiger partial charge in [-0.15, -0.1) is 11.8 Å². The summed E-state index contributed by atoms with van der Waals surface area (Å²) in [6, 6.07) is 9.04. The number of rotatable bonds is 23. The fourth-order valence-electron chi connectivity index (χ4n) is 5.08. The summed E-state index contributed by atoms with van der Waals surface area (Å²) >= 11 is 11.5. The van der Waals surface area contributed by atoms with Gasteiger partial charge in [-0.3, -0.25) is 0 Å². The Labute approximate surface area is 299 Å². The molecule has 10 heteroatoms. The molecule has 1 aliphatic rings. The monoisotopic (exact) mass is 730 g/mol. The minimum Gasteiger partial charge on any atom is -0.490 e. The van der Waals surface area contributed by atoms with Crippen molar-refractivity contribution in [3.05, 3.63) is 57.6 Å². The topological polar surface area (TPSA) is 51.2 Å². The second-order valence-electron chi connectivity index (χ2n) is 12.0. The van der Waals surface area contributed by atoms with Gasteiger partial charge in [-0.25, -0.2) is 0 Å². The van der Waals surface area contributed by atoms with Crippen LogP contribution in [0.1, 0.15) is 47.2 Å². The maximum Gasteiger partial charge on any atom is 0.133 e. The van der Waals surface area contributed by atoms with Crippen LogP contribution in [-0.2, 0) is 10.2 Å². The lowest BCUT2D eigenvalue weighted by Crippen LogP contribution is -2.22. The maximum absolute atomic E-state index is 10.5. The number of hydrogen-bond donors (Lipinski definition) is 1. The van der Waals surface area contributed by atoms with E-state index in [9.17, 15) is 5.11 Å². The van der Waals surface area contributed by atoms with E-state index in [4.69, 9.17) is 14.2 Å². The first kappa shape index (κ1) is 39.5. The zero-order valence-corrected chi connectivity index (χ0v) is 33.3. The third-order valence-electron chi connectivity index (χ3n) is 7.77. The summed E-state index contributed by atoms with van der Waals surface area (Å²) in [5.74, 6) is 11.9. The van der Waals surface area contributed by atoms with Crippen LogP contribution >= 0.6 is 70.6 Å². The largest absolute Gasteiger partial charge is 0.490 e. The molecule has 0 bridgehead atoms. The second kappa shape index (κ2) is 20.5. The predicted octanol–water partition coefficient (Wildman–Crippen LogP) is 8.75. The maximum atomic E-state index is 10.5. The van der Waals surface area contributed by atoms with Gasteiger partial charge >= 0.3 is 0 Å². The van der Waals surface area contributed by atoms with E-state index in [0.29, 0.717) is 19.0 Å². The third kappa shape index (κ3) is 13.1. The van der Waals surface area contributed by atoms with Gasteiger partial charge in [-0.05, 0) is 73.6 Å². The fraction of sp³-hybridized carbons (Fsp3) is 0.657. The zero-order valence-electron chi connectivity index (χ0n) is 28.4. The fourth-order valence-corrected chi connectivity index (χ4v) is 10.8. The number of ether oxygens (including phenoxy) is 3. The Balaban J connectivity index is 1.52. The van der Waals surface area contributed by atoms with E-state index in [-0.39, 0.29) is 17.0 Å². The van der Waals surface area contributed by atoms with Gasteiger partial charge < -0.3 is 19.3 Å². The molecule has 3 rings (SSSR count). The molecule has 0 amide bonds. The first-order chi connectivity index (χ1) is 21.6. The number of aliphatic hydroxyl groups excluding tert-OH is 1. The predicted molar refractivity (Wildman–Crippen MR) is 211 cm³/mol. The van der Waals surface area contributed by atoms with Crippen LogP contribution in [0.25, 0.3) is 0 Å². The van der Waals surface area contributed by atoms with E-state index in [1.165, 1.54) is 39.9 Å². The van der Waals surface area contributed by atoms with Gasteiger partial charge in [-0.1, -0.05) is 38.1 Å². The van der Waals surface area contributed by atoms with Crippen molar-refractivity contribution in [3.8, 4) is 11.5 Å². The van der Waals surface area contributed by atoms with Gasteiger partial charge in [0.2, 0.25) is 0 Å². The molecule has 3 unspecified atom stereocenters. The molecule has 1 saturated heterocycles. The van der Waals surface area contributed by atoms with E-state index >= 15 is 0 Å². The molecule has 2 aromatic rings. The summed E-state index contributed by atoms with van der Waals surface area (Å²) in [5, 5.41) is 10.5. The van der Waals surface area contributed by atoms with Crippen LogP contribution in [0.3, 0.4) is 0 Å². The Bertz CT molecular complexity index is 1070. The van der Waals surface area contributed by atoms with Crippen molar-refractivity contribution in [2.75, 3.05) is 77.5 Å².